The van der Waals surface area contributed by atoms with E-state index in [0.717, 1.165) is 41.5 Å². The van der Waals surface area contributed by atoms with Gasteiger partial charge < -0.3 is 9.64 Å². The van der Waals surface area contributed by atoms with Gasteiger partial charge in [-0.2, -0.15) is 0 Å². The molecule has 23 heavy (non-hydrogen) atoms. The van der Waals surface area contributed by atoms with Crippen molar-refractivity contribution in [3.63, 3.8) is 0 Å². The van der Waals surface area contributed by atoms with Crippen molar-refractivity contribution in [3.05, 3.63) is 47.4 Å². The van der Waals surface area contributed by atoms with Crippen molar-refractivity contribution >= 4 is 11.4 Å². The van der Waals surface area contributed by atoms with Gasteiger partial charge in [0.2, 0.25) is 5.69 Å². The smallest absolute Gasteiger partial charge is 0.230 e. The summed E-state index contributed by atoms with van der Waals surface area (Å²) < 4.78 is 5.22. The van der Waals surface area contributed by atoms with Gasteiger partial charge >= 0.3 is 0 Å². The Labute approximate surface area is 137 Å². The van der Waals surface area contributed by atoms with Gasteiger partial charge in [-0.3, -0.25) is 4.98 Å². The molecular weight excluding hydrogens is 286 g/mol. The zero-order valence-corrected chi connectivity index (χ0v) is 13.7. The van der Waals surface area contributed by atoms with Crippen LogP contribution in [0.4, 0.5) is 11.4 Å². The molecule has 1 aromatic carbocycles. The van der Waals surface area contributed by atoms with E-state index in [4.69, 9.17) is 11.3 Å². The van der Waals surface area contributed by atoms with Crippen molar-refractivity contribution in [3.8, 4) is 17.0 Å². The molecule has 1 aliphatic rings. The molecule has 2 heterocycles. The average molecular weight is 307 g/mol. The Morgan fingerprint density at radius 1 is 1.13 bits per heavy atom. The van der Waals surface area contributed by atoms with Crippen molar-refractivity contribution in [1.29, 1.82) is 0 Å². The molecule has 1 aliphatic heterocycles. The van der Waals surface area contributed by atoms with E-state index in [9.17, 15) is 0 Å². The number of hydrogen-bond donors (Lipinski definition) is 0. The van der Waals surface area contributed by atoms with Crippen molar-refractivity contribution in [1.82, 2.24) is 4.98 Å². The molecule has 118 valence electrons. The zero-order chi connectivity index (χ0) is 16.2. The van der Waals surface area contributed by atoms with Crippen LogP contribution >= 0.6 is 0 Å². The van der Waals surface area contributed by atoms with Gasteiger partial charge in [-0.15, -0.1) is 0 Å². The van der Waals surface area contributed by atoms with Crippen LogP contribution in [0.25, 0.3) is 16.1 Å². The SMILES string of the molecule is [C-]#[N+]c1c(N2CCCCC2)cc(-c2ccc(OC)cc2)nc1C. The molecular formula is C19H21N3O. The van der Waals surface area contributed by atoms with E-state index in [1.165, 1.54) is 19.3 Å². The van der Waals surface area contributed by atoms with E-state index in [-0.39, 0.29) is 0 Å². The highest BCUT2D eigenvalue weighted by molar-refractivity contribution is 5.78. The third-order valence-corrected chi connectivity index (χ3v) is 4.34. The molecule has 1 saturated heterocycles. The average Bonchev–Trinajstić information content (AvgIpc) is 2.62. The Kier molecular flexibility index (Phi) is 4.47. The fraction of sp³-hybridized carbons (Fsp3) is 0.368. The van der Waals surface area contributed by atoms with Crippen LogP contribution in [0.2, 0.25) is 0 Å². The van der Waals surface area contributed by atoms with Crippen molar-refractivity contribution in [2.24, 2.45) is 0 Å². The predicted octanol–water partition coefficient (Wildman–Crippen LogP) is 4.61. The first-order chi connectivity index (χ1) is 11.2. The largest absolute Gasteiger partial charge is 0.497 e. The first-order valence-electron chi connectivity index (χ1n) is 8.01. The van der Waals surface area contributed by atoms with Crippen LogP contribution < -0.4 is 9.64 Å². The highest BCUT2D eigenvalue weighted by Crippen LogP contribution is 2.36. The molecule has 0 radical (unpaired) electrons. The highest BCUT2D eigenvalue weighted by atomic mass is 16.5. The summed E-state index contributed by atoms with van der Waals surface area (Å²) >= 11 is 0. The predicted molar refractivity (Wildman–Crippen MR) is 93.3 cm³/mol. The second kappa shape index (κ2) is 6.70. The molecule has 0 aliphatic carbocycles. The van der Waals surface area contributed by atoms with Crippen molar-refractivity contribution in [2.75, 3.05) is 25.1 Å². The van der Waals surface area contributed by atoms with Crippen molar-refractivity contribution < 1.29 is 4.74 Å². The first kappa shape index (κ1) is 15.4. The lowest BCUT2D eigenvalue weighted by atomic mass is 10.1. The number of nitrogens with zero attached hydrogens (tertiary/aromatic N) is 3. The summed E-state index contributed by atoms with van der Waals surface area (Å²) in [5.74, 6) is 0.833. The maximum Gasteiger partial charge on any atom is 0.230 e. The van der Waals surface area contributed by atoms with Gasteiger partial charge in [0.1, 0.15) is 5.75 Å². The Balaban J connectivity index is 2.04. The number of rotatable bonds is 3. The zero-order valence-electron chi connectivity index (χ0n) is 13.7. The summed E-state index contributed by atoms with van der Waals surface area (Å²) in [5.41, 5.74) is 4.47. The van der Waals surface area contributed by atoms with Gasteiger partial charge in [0.05, 0.1) is 19.4 Å². The molecule has 2 aromatic rings. The number of pyridine rings is 1. The van der Waals surface area contributed by atoms with E-state index in [1.54, 1.807) is 7.11 Å². The molecule has 0 amide bonds. The van der Waals surface area contributed by atoms with Gasteiger partial charge in [-0.1, -0.05) is 0 Å². The van der Waals surface area contributed by atoms with Crippen LogP contribution in [-0.2, 0) is 0 Å². The molecule has 0 bridgehead atoms. The number of aromatic nitrogens is 1. The summed E-state index contributed by atoms with van der Waals surface area (Å²) in [7, 11) is 1.66. The van der Waals surface area contributed by atoms with E-state index in [2.05, 4.69) is 20.8 Å². The lowest BCUT2D eigenvalue weighted by Crippen LogP contribution is -2.29. The Morgan fingerprint density at radius 2 is 1.83 bits per heavy atom. The molecule has 0 spiro atoms. The molecule has 0 saturated carbocycles. The second-order valence-electron chi connectivity index (χ2n) is 5.85. The van der Waals surface area contributed by atoms with E-state index in [1.807, 2.05) is 31.2 Å². The molecule has 0 unspecified atom stereocenters. The summed E-state index contributed by atoms with van der Waals surface area (Å²) in [6.45, 7) is 11.5. The van der Waals surface area contributed by atoms with Gasteiger partial charge in [-0.25, -0.2) is 4.85 Å². The minimum absolute atomic E-state index is 0.684. The van der Waals surface area contributed by atoms with Gasteiger partial charge in [0.25, 0.3) is 0 Å². The monoisotopic (exact) mass is 307 g/mol. The topological polar surface area (TPSA) is 29.7 Å². The normalized spacial score (nSPS) is 14.4. The number of anilines is 1. The van der Waals surface area contributed by atoms with Crippen LogP contribution in [0.15, 0.2) is 30.3 Å². The van der Waals surface area contributed by atoms with Crippen LogP contribution in [0.1, 0.15) is 25.0 Å². The third-order valence-electron chi connectivity index (χ3n) is 4.34. The number of piperidine rings is 1. The number of methoxy groups -OCH3 is 1. The lowest BCUT2D eigenvalue weighted by molar-refractivity contribution is 0.415. The van der Waals surface area contributed by atoms with E-state index >= 15 is 0 Å². The maximum atomic E-state index is 7.51. The quantitative estimate of drug-likeness (QED) is 0.776. The number of ether oxygens (including phenoxy) is 1. The van der Waals surface area contributed by atoms with Crippen molar-refractivity contribution in [2.45, 2.75) is 26.2 Å². The Hall–Kier alpha value is -2.54. The summed E-state index contributed by atoms with van der Waals surface area (Å²) in [5, 5.41) is 0. The van der Waals surface area contributed by atoms with Crippen LogP contribution in [-0.4, -0.2) is 25.2 Å². The van der Waals surface area contributed by atoms with E-state index in [0.29, 0.717) is 5.69 Å². The maximum absolute atomic E-state index is 7.51. The van der Waals surface area contributed by atoms with Crippen LogP contribution in [0.5, 0.6) is 5.75 Å². The molecule has 1 fully saturated rings. The number of aryl methyl sites for hydroxylation is 1. The fourth-order valence-corrected chi connectivity index (χ4v) is 3.07. The standard InChI is InChI=1S/C19H21N3O/c1-14-19(20-2)18(22-11-5-4-6-12-22)13-17(21-14)15-7-9-16(23-3)10-8-15/h7-10,13H,4-6,11-12H2,1,3H3. The van der Waals surface area contributed by atoms with Crippen LogP contribution in [0, 0.1) is 13.5 Å². The molecule has 4 heteroatoms. The Bertz CT molecular complexity index is 726. The molecule has 0 N–H and O–H groups in total. The van der Waals surface area contributed by atoms with Gasteiger partial charge in [0, 0.05) is 30.0 Å². The molecule has 3 rings (SSSR count). The Morgan fingerprint density at radius 3 is 2.43 bits per heavy atom. The minimum atomic E-state index is 0.684. The third kappa shape index (κ3) is 3.14. The second-order valence-corrected chi connectivity index (χ2v) is 5.85. The number of benzene rings is 1. The summed E-state index contributed by atoms with van der Waals surface area (Å²) in [4.78, 5) is 10.7. The minimum Gasteiger partial charge on any atom is -0.497 e. The fourth-order valence-electron chi connectivity index (χ4n) is 3.07. The lowest BCUT2D eigenvalue weighted by Gasteiger charge is -2.30. The molecule has 1 aromatic heterocycles. The highest BCUT2D eigenvalue weighted by Gasteiger charge is 2.18. The summed E-state index contributed by atoms with van der Waals surface area (Å²) in [6, 6.07) is 9.97. The van der Waals surface area contributed by atoms with Gasteiger partial charge in [0.15, 0.2) is 0 Å². The van der Waals surface area contributed by atoms with E-state index < -0.39 is 0 Å². The summed E-state index contributed by atoms with van der Waals surface area (Å²) in [6.07, 6.45) is 3.66. The molecule has 4 nitrogen and oxygen atoms in total. The first-order valence-corrected chi connectivity index (χ1v) is 8.01. The van der Waals surface area contributed by atoms with Gasteiger partial charge in [-0.05, 0) is 56.5 Å². The number of hydrogen-bond acceptors (Lipinski definition) is 3. The van der Waals surface area contributed by atoms with Crippen LogP contribution in [0.3, 0.4) is 0 Å². The molecule has 0 atom stereocenters.